The molecule has 0 radical (unpaired) electrons. The number of hydrogen-bond donors (Lipinski definition) is 2. The van der Waals surface area contributed by atoms with Crippen LogP contribution in [0.15, 0.2) is 36.7 Å². The molecule has 0 aliphatic carbocycles. The molecule has 0 fully saturated rings. The van der Waals surface area contributed by atoms with Gasteiger partial charge in [-0.3, -0.25) is 4.68 Å². The van der Waals surface area contributed by atoms with Gasteiger partial charge in [0.2, 0.25) is 0 Å². The molecule has 1 aromatic heterocycles. The fourth-order valence-corrected chi connectivity index (χ4v) is 1.60. The van der Waals surface area contributed by atoms with Gasteiger partial charge >= 0.3 is 0 Å². The summed E-state index contributed by atoms with van der Waals surface area (Å²) < 4.78 is 6.65. The van der Waals surface area contributed by atoms with Crippen molar-refractivity contribution in [2.24, 2.45) is 0 Å². The average molecular weight is 233 g/mol. The lowest BCUT2D eigenvalue weighted by atomic mass is 10.1. The number of ether oxygens (including phenoxy) is 1. The molecule has 2 rings (SSSR count). The molecule has 1 atom stereocenters. The molecule has 0 spiro atoms. The van der Waals surface area contributed by atoms with Crippen molar-refractivity contribution >= 4 is 5.69 Å². The molecule has 1 aromatic carbocycles. The zero-order chi connectivity index (χ0) is 12.3. The van der Waals surface area contributed by atoms with E-state index < -0.39 is 6.10 Å². The Hall–Kier alpha value is -2.01. The van der Waals surface area contributed by atoms with E-state index in [2.05, 4.69) is 5.10 Å². The van der Waals surface area contributed by atoms with Crippen LogP contribution in [0.5, 0.6) is 5.75 Å². The number of aliphatic hydroxyl groups excluding tert-OH is 1. The van der Waals surface area contributed by atoms with Crippen LogP contribution in [0.1, 0.15) is 11.7 Å². The topological polar surface area (TPSA) is 73.3 Å². The van der Waals surface area contributed by atoms with Gasteiger partial charge in [0.15, 0.2) is 5.75 Å². The van der Waals surface area contributed by atoms with Crippen molar-refractivity contribution in [3.63, 3.8) is 0 Å². The number of aromatic nitrogens is 2. The van der Waals surface area contributed by atoms with Gasteiger partial charge < -0.3 is 15.6 Å². The number of nitrogens with two attached hydrogens (primary N) is 1. The van der Waals surface area contributed by atoms with Crippen LogP contribution >= 0.6 is 0 Å². The zero-order valence-electron chi connectivity index (χ0n) is 9.58. The minimum Gasteiger partial charge on any atom is -0.493 e. The Morgan fingerprint density at radius 3 is 3.00 bits per heavy atom. The third kappa shape index (κ3) is 2.76. The Labute approximate surface area is 99.4 Å². The molecule has 0 amide bonds. The van der Waals surface area contributed by atoms with Gasteiger partial charge in [-0.1, -0.05) is 12.1 Å². The maximum Gasteiger partial charge on any atom is 0.156 e. The summed E-state index contributed by atoms with van der Waals surface area (Å²) in [5.41, 5.74) is 7.08. The van der Waals surface area contributed by atoms with Crippen molar-refractivity contribution in [2.75, 3.05) is 12.8 Å². The van der Waals surface area contributed by atoms with Crippen LogP contribution in [-0.2, 0) is 6.54 Å². The molecule has 5 nitrogen and oxygen atoms in total. The second-order valence-corrected chi connectivity index (χ2v) is 3.79. The van der Waals surface area contributed by atoms with Crippen LogP contribution in [0, 0.1) is 0 Å². The van der Waals surface area contributed by atoms with Crippen LogP contribution in [0.25, 0.3) is 0 Å². The molecule has 17 heavy (non-hydrogen) atoms. The summed E-state index contributed by atoms with van der Waals surface area (Å²) in [7, 11) is 1.58. The molecular weight excluding hydrogens is 218 g/mol. The van der Waals surface area contributed by atoms with Crippen LogP contribution in [0.3, 0.4) is 0 Å². The first-order chi connectivity index (χ1) is 8.19. The zero-order valence-corrected chi connectivity index (χ0v) is 9.58. The Bertz CT molecular complexity index is 496. The Morgan fingerprint density at radius 2 is 2.35 bits per heavy atom. The predicted molar refractivity (Wildman–Crippen MR) is 64.6 cm³/mol. The highest BCUT2D eigenvalue weighted by Crippen LogP contribution is 2.18. The first-order valence-corrected chi connectivity index (χ1v) is 5.29. The third-order valence-corrected chi connectivity index (χ3v) is 2.50. The maximum absolute atomic E-state index is 10.0. The standard InChI is InChI=1S/C12H15N3O2/c1-17-11-6-14-15(7-11)8-12(16)9-3-2-4-10(13)5-9/h2-7,12,16H,8,13H2,1H3. The van der Waals surface area contributed by atoms with E-state index in [4.69, 9.17) is 10.5 Å². The first-order valence-electron chi connectivity index (χ1n) is 5.29. The molecule has 3 N–H and O–H groups in total. The van der Waals surface area contributed by atoms with Gasteiger partial charge in [0.25, 0.3) is 0 Å². The van der Waals surface area contributed by atoms with Gasteiger partial charge in [-0.15, -0.1) is 0 Å². The molecule has 0 saturated heterocycles. The van der Waals surface area contributed by atoms with Crippen LogP contribution in [0.4, 0.5) is 5.69 Å². The molecule has 0 aliphatic rings. The second-order valence-electron chi connectivity index (χ2n) is 3.79. The van der Waals surface area contributed by atoms with Crippen molar-refractivity contribution in [3.8, 4) is 5.75 Å². The molecule has 1 unspecified atom stereocenters. The van der Waals surface area contributed by atoms with Crippen LogP contribution in [-0.4, -0.2) is 22.0 Å². The Kier molecular flexibility index (Phi) is 3.30. The lowest BCUT2D eigenvalue weighted by Gasteiger charge is -2.11. The number of anilines is 1. The highest BCUT2D eigenvalue weighted by molar-refractivity contribution is 5.41. The average Bonchev–Trinajstić information content (AvgIpc) is 2.77. The van der Waals surface area contributed by atoms with Crippen LogP contribution in [0.2, 0.25) is 0 Å². The number of methoxy groups -OCH3 is 1. The quantitative estimate of drug-likeness (QED) is 0.778. The number of nitrogen functional groups attached to an aromatic ring is 1. The van der Waals surface area contributed by atoms with Gasteiger partial charge in [0.05, 0.1) is 32.2 Å². The molecule has 0 bridgehead atoms. The summed E-state index contributed by atoms with van der Waals surface area (Å²) >= 11 is 0. The van der Waals surface area contributed by atoms with Gasteiger partial charge in [0, 0.05) is 5.69 Å². The van der Waals surface area contributed by atoms with E-state index in [0.29, 0.717) is 18.0 Å². The van der Waals surface area contributed by atoms with E-state index in [-0.39, 0.29) is 0 Å². The van der Waals surface area contributed by atoms with Gasteiger partial charge in [-0.2, -0.15) is 5.10 Å². The Balaban J connectivity index is 2.08. The molecule has 0 aliphatic heterocycles. The van der Waals surface area contributed by atoms with E-state index in [1.165, 1.54) is 0 Å². The monoisotopic (exact) mass is 233 g/mol. The van der Waals surface area contributed by atoms with E-state index in [9.17, 15) is 5.11 Å². The summed E-state index contributed by atoms with van der Waals surface area (Å²) in [5, 5.41) is 14.1. The molecule has 1 heterocycles. The lowest BCUT2D eigenvalue weighted by Crippen LogP contribution is -2.09. The molecule has 0 saturated carbocycles. The Morgan fingerprint density at radius 1 is 1.53 bits per heavy atom. The van der Waals surface area contributed by atoms with E-state index in [0.717, 1.165) is 5.56 Å². The number of aliphatic hydroxyl groups is 1. The normalized spacial score (nSPS) is 12.4. The van der Waals surface area contributed by atoms with Crippen molar-refractivity contribution in [3.05, 3.63) is 42.2 Å². The van der Waals surface area contributed by atoms with Gasteiger partial charge in [0.1, 0.15) is 0 Å². The summed E-state index contributed by atoms with van der Waals surface area (Å²) in [6.45, 7) is 0.368. The third-order valence-electron chi connectivity index (χ3n) is 2.50. The minimum absolute atomic E-state index is 0.368. The van der Waals surface area contributed by atoms with E-state index in [1.54, 1.807) is 36.3 Å². The molecule has 5 heteroatoms. The van der Waals surface area contributed by atoms with Gasteiger partial charge in [-0.25, -0.2) is 0 Å². The number of nitrogens with zero attached hydrogens (tertiary/aromatic N) is 2. The summed E-state index contributed by atoms with van der Waals surface area (Å²) in [4.78, 5) is 0. The molecule has 2 aromatic rings. The number of benzene rings is 1. The van der Waals surface area contributed by atoms with E-state index >= 15 is 0 Å². The summed E-state index contributed by atoms with van der Waals surface area (Å²) in [6.07, 6.45) is 2.70. The first kappa shape index (κ1) is 11.5. The number of hydrogen-bond acceptors (Lipinski definition) is 4. The van der Waals surface area contributed by atoms with Gasteiger partial charge in [-0.05, 0) is 17.7 Å². The SMILES string of the molecule is COc1cnn(CC(O)c2cccc(N)c2)c1. The predicted octanol–water partition coefficient (Wildman–Crippen LogP) is 1.21. The van der Waals surface area contributed by atoms with Crippen molar-refractivity contribution < 1.29 is 9.84 Å². The maximum atomic E-state index is 10.0. The lowest BCUT2D eigenvalue weighted by molar-refractivity contribution is 0.151. The molecule has 90 valence electrons. The minimum atomic E-state index is -0.636. The highest BCUT2D eigenvalue weighted by Gasteiger charge is 2.09. The fraction of sp³-hybridized carbons (Fsp3) is 0.250. The summed E-state index contributed by atoms with van der Waals surface area (Å²) in [6, 6.07) is 7.19. The fourth-order valence-electron chi connectivity index (χ4n) is 1.60. The van der Waals surface area contributed by atoms with Crippen molar-refractivity contribution in [2.45, 2.75) is 12.6 Å². The van der Waals surface area contributed by atoms with Crippen molar-refractivity contribution in [1.29, 1.82) is 0 Å². The summed E-state index contributed by atoms with van der Waals surface area (Å²) in [5.74, 6) is 0.671. The number of rotatable bonds is 4. The largest absolute Gasteiger partial charge is 0.493 e. The highest BCUT2D eigenvalue weighted by atomic mass is 16.5. The van der Waals surface area contributed by atoms with Crippen molar-refractivity contribution in [1.82, 2.24) is 9.78 Å². The molecular formula is C12H15N3O2. The second kappa shape index (κ2) is 4.88. The van der Waals surface area contributed by atoms with Crippen LogP contribution < -0.4 is 10.5 Å². The smallest absolute Gasteiger partial charge is 0.156 e. The van der Waals surface area contributed by atoms with E-state index in [1.807, 2.05) is 12.1 Å².